The Bertz CT molecular complexity index is 431. The minimum Gasteiger partial charge on any atom is -0.475 e. The van der Waals surface area contributed by atoms with Gasteiger partial charge in [0.25, 0.3) is 0 Å². The van der Waals surface area contributed by atoms with E-state index in [1.165, 1.54) is 12.1 Å². The Labute approximate surface area is 103 Å². The molecule has 1 heterocycles. The first-order valence-corrected chi connectivity index (χ1v) is 6.03. The zero-order chi connectivity index (χ0) is 11.7. The van der Waals surface area contributed by atoms with Crippen LogP contribution in [0.3, 0.4) is 0 Å². The van der Waals surface area contributed by atoms with Crippen molar-refractivity contribution in [2.75, 3.05) is 6.61 Å². The first-order chi connectivity index (χ1) is 7.58. The zero-order valence-electron chi connectivity index (χ0n) is 9.21. The minimum atomic E-state index is -0.280. The average molecular weight is 286 g/mol. The number of ether oxygens (including phenoxy) is 1. The highest BCUT2D eigenvalue weighted by molar-refractivity contribution is 9.10. The van der Waals surface area contributed by atoms with Gasteiger partial charge in [-0.3, -0.25) is 0 Å². The molecule has 1 aromatic rings. The van der Waals surface area contributed by atoms with Crippen LogP contribution in [-0.2, 0) is 4.74 Å². The van der Waals surface area contributed by atoms with E-state index in [2.05, 4.69) is 34.8 Å². The summed E-state index contributed by atoms with van der Waals surface area (Å²) in [6.45, 7) is 4.78. The maximum absolute atomic E-state index is 13.1. The lowest BCUT2D eigenvalue weighted by Gasteiger charge is -2.06. The third kappa shape index (κ3) is 2.26. The highest BCUT2D eigenvalue weighted by atomic mass is 79.9. The summed E-state index contributed by atoms with van der Waals surface area (Å²) in [6.07, 6.45) is 0. The van der Waals surface area contributed by atoms with E-state index in [1.807, 2.05) is 0 Å². The van der Waals surface area contributed by atoms with Crippen molar-refractivity contribution >= 4 is 21.8 Å². The summed E-state index contributed by atoms with van der Waals surface area (Å²) in [4.78, 5) is 4.46. The van der Waals surface area contributed by atoms with Gasteiger partial charge in [0.15, 0.2) is 0 Å². The third-order valence-corrected chi connectivity index (χ3v) is 3.29. The van der Waals surface area contributed by atoms with Crippen molar-refractivity contribution in [1.29, 1.82) is 0 Å². The normalized spacial score (nSPS) is 19.8. The standard InChI is InChI=1S/C12H13BrFNO/c1-7(2)11-6-16-12(15-11)9-5-8(14)3-4-10(9)13/h3-5,7,11H,6H2,1-2H3. The fourth-order valence-corrected chi connectivity index (χ4v) is 1.96. The molecule has 0 saturated heterocycles. The maximum Gasteiger partial charge on any atom is 0.217 e. The summed E-state index contributed by atoms with van der Waals surface area (Å²) in [5.74, 6) is 0.687. The Morgan fingerprint density at radius 3 is 2.88 bits per heavy atom. The fraction of sp³-hybridized carbons (Fsp3) is 0.417. The van der Waals surface area contributed by atoms with Crippen LogP contribution in [0.5, 0.6) is 0 Å². The van der Waals surface area contributed by atoms with Gasteiger partial charge < -0.3 is 4.74 Å². The Morgan fingerprint density at radius 2 is 2.25 bits per heavy atom. The predicted octanol–water partition coefficient (Wildman–Crippen LogP) is 3.39. The molecule has 0 fully saturated rings. The molecule has 0 saturated carbocycles. The largest absolute Gasteiger partial charge is 0.475 e. The topological polar surface area (TPSA) is 21.6 Å². The Hall–Kier alpha value is -0.900. The average Bonchev–Trinajstić information content (AvgIpc) is 2.70. The molecule has 2 rings (SSSR count). The van der Waals surface area contributed by atoms with E-state index in [-0.39, 0.29) is 11.9 Å². The van der Waals surface area contributed by atoms with Gasteiger partial charge in [-0.1, -0.05) is 13.8 Å². The smallest absolute Gasteiger partial charge is 0.217 e. The molecule has 16 heavy (non-hydrogen) atoms. The number of hydrogen-bond donors (Lipinski definition) is 0. The monoisotopic (exact) mass is 285 g/mol. The lowest BCUT2D eigenvalue weighted by Crippen LogP contribution is -2.13. The number of aliphatic imine (C=N–C) groups is 1. The van der Waals surface area contributed by atoms with E-state index in [0.29, 0.717) is 24.0 Å². The number of hydrogen-bond acceptors (Lipinski definition) is 2. The fourth-order valence-electron chi connectivity index (χ4n) is 1.54. The van der Waals surface area contributed by atoms with Gasteiger partial charge in [0.05, 0.1) is 11.6 Å². The van der Waals surface area contributed by atoms with Crippen LogP contribution in [-0.4, -0.2) is 18.5 Å². The molecule has 1 aliphatic rings. The number of rotatable bonds is 2. The van der Waals surface area contributed by atoms with E-state index >= 15 is 0 Å². The molecule has 0 aliphatic carbocycles. The van der Waals surface area contributed by atoms with Crippen molar-refractivity contribution in [1.82, 2.24) is 0 Å². The molecular formula is C12H13BrFNO. The summed E-state index contributed by atoms with van der Waals surface area (Å²) in [7, 11) is 0. The minimum absolute atomic E-state index is 0.171. The van der Waals surface area contributed by atoms with Crippen LogP contribution in [0.15, 0.2) is 27.7 Å². The van der Waals surface area contributed by atoms with Gasteiger partial charge in [-0.2, -0.15) is 0 Å². The first-order valence-electron chi connectivity index (χ1n) is 5.24. The van der Waals surface area contributed by atoms with Crippen LogP contribution in [0.1, 0.15) is 19.4 Å². The summed E-state index contributed by atoms with van der Waals surface area (Å²) in [5, 5.41) is 0. The van der Waals surface area contributed by atoms with Crippen LogP contribution in [0.2, 0.25) is 0 Å². The molecule has 0 amide bonds. The van der Waals surface area contributed by atoms with E-state index in [9.17, 15) is 4.39 Å². The first kappa shape index (κ1) is 11.6. The number of benzene rings is 1. The summed E-state index contributed by atoms with van der Waals surface area (Å²) in [6, 6.07) is 4.68. The zero-order valence-corrected chi connectivity index (χ0v) is 10.8. The highest BCUT2D eigenvalue weighted by Crippen LogP contribution is 2.23. The van der Waals surface area contributed by atoms with Crippen LogP contribution in [0, 0.1) is 11.7 Å². The van der Waals surface area contributed by atoms with Crippen LogP contribution in [0.25, 0.3) is 0 Å². The molecule has 2 nitrogen and oxygen atoms in total. The van der Waals surface area contributed by atoms with Gasteiger partial charge in [0, 0.05) is 4.47 Å². The lowest BCUT2D eigenvalue weighted by atomic mass is 10.1. The van der Waals surface area contributed by atoms with E-state index in [4.69, 9.17) is 4.74 Å². The van der Waals surface area contributed by atoms with Crippen LogP contribution >= 0.6 is 15.9 Å². The van der Waals surface area contributed by atoms with E-state index < -0.39 is 0 Å². The molecule has 0 bridgehead atoms. The lowest BCUT2D eigenvalue weighted by molar-refractivity contribution is 0.291. The molecule has 1 atom stereocenters. The van der Waals surface area contributed by atoms with Gasteiger partial charge in [0.1, 0.15) is 12.4 Å². The van der Waals surface area contributed by atoms with E-state index in [0.717, 1.165) is 4.47 Å². The maximum atomic E-state index is 13.1. The van der Waals surface area contributed by atoms with Crippen LogP contribution in [0.4, 0.5) is 4.39 Å². The third-order valence-electron chi connectivity index (χ3n) is 2.60. The second-order valence-corrected chi connectivity index (χ2v) is 5.04. The molecule has 0 N–H and O–H groups in total. The van der Waals surface area contributed by atoms with E-state index in [1.54, 1.807) is 6.07 Å². The Balaban J connectivity index is 2.32. The second kappa shape index (κ2) is 4.53. The molecule has 0 spiro atoms. The number of halogens is 2. The SMILES string of the molecule is CC(C)C1COC(c2cc(F)ccc2Br)=N1. The second-order valence-electron chi connectivity index (χ2n) is 4.18. The van der Waals surface area contributed by atoms with Crippen molar-refractivity contribution < 1.29 is 9.13 Å². The molecule has 0 aromatic heterocycles. The summed E-state index contributed by atoms with van der Waals surface area (Å²) in [5.41, 5.74) is 0.683. The summed E-state index contributed by atoms with van der Waals surface area (Å²) < 4.78 is 19.4. The summed E-state index contributed by atoms with van der Waals surface area (Å²) >= 11 is 3.37. The molecular weight excluding hydrogens is 273 g/mol. The van der Waals surface area contributed by atoms with Crippen LogP contribution < -0.4 is 0 Å². The Morgan fingerprint density at radius 1 is 1.50 bits per heavy atom. The molecule has 4 heteroatoms. The molecule has 1 aliphatic heterocycles. The van der Waals surface area contributed by atoms with Crippen molar-refractivity contribution in [3.05, 3.63) is 34.1 Å². The molecule has 86 valence electrons. The quantitative estimate of drug-likeness (QED) is 0.816. The van der Waals surface area contributed by atoms with Crippen molar-refractivity contribution in [3.63, 3.8) is 0 Å². The molecule has 0 radical (unpaired) electrons. The van der Waals surface area contributed by atoms with Gasteiger partial charge in [-0.15, -0.1) is 0 Å². The highest BCUT2D eigenvalue weighted by Gasteiger charge is 2.24. The van der Waals surface area contributed by atoms with Crippen molar-refractivity contribution in [2.45, 2.75) is 19.9 Å². The number of nitrogens with zero attached hydrogens (tertiary/aromatic N) is 1. The van der Waals surface area contributed by atoms with Crippen molar-refractivity contribution in [2.24, 2.45) is 10.9 Å². The van der Waals surface area contributed by atoms with Gasteiger partial charge in [0.2, 0.25) is 5.90 Å². The van der Waals surface area contributed by atoms with Gasteiger partial charge >= 0.3 is 0 Å². The van der Waals surface area contributed by atoms with Gasteiger partial charge in [-0.05, 0) is 40.0 Å². The predicted molar refractivity (Wildman–Crippen MR) is 65.2 cm³/mol. The van der Waals surface area contributed by atoms with Crippen molar-refractivity contribution in [3.8, 4) is 0 Å². The van der Waals surface area contributed by atoms with Gasteiger partial charge in [-0.25, -0.2) is 9.38 Å². The Kier molecular flexibility index (Phi) is 3.28. The molecule has 1 aromatic carbocycles. The molecule has 1 unspecified atom stereocenters.